The van der Waals surface area contributed by atoms with Crippen LogP contribution in [-0.4, -0.2) is 15.0 Å². The zero-order valence-corrected chi connectivity index (χ0v) is 14.4. The number of hydrogen-bond donors (Lipinski definition) is 0. The average Bonchev–Trinajstić information content (AvgIpc) is 2.44. The van der Waals surface area contributed by atoms with Crippen LogP contribution in [-0.2, 0) is 14.3 Å². The van der Waals surface area contributed by atoms with Crippen LogP contribution in [0.3, 0.4) is 0 Å². The molecule has 0 N–H and O–H groups in total. The van der Waals surface area contributed by atoms with Gasteiger partial charge in [0.1, 0.15) is 0 Å². The summed E-state index contributed by atoms with van der Waals surface area (Å²) in [6.45, 7) is 8.70. The Morgan fingerprint density at radius 2 is 1.76 bits per heavy atom. The molecule has 3 nitrogen and oxygen atoms in total. The van der Waals surface area contributed by atoms with Gasteiger partial charge in [-0.3, -0.25) is 4.18 Å². The van der Waals surface area contributed by atoms with Gasteiger partial charge in [0, 0.05) is 0 Å². The highest BCUT2D eigenvalue weighted by molar-refractivity contribution is 7.86. The second-order valence-electron chi connectivity index (χ2n) is 5.96. The van der Waals surface area contributed by atoms with E-state index in [-0.39, 0.29) is 11.5 Å². The third-order valence-electron chi connectivity index (χ3n) is 3.86. The predicted molar refractivity (Wildman–Crippen MR) is 86.8 cm³/mol. The van der Waals surface area contributed by atoms with E-state index >= 15 is 0 Å². The Morgan fingerprint density at radius 3 is 2.29 bits per heavy atom. The van der Waals surface area contributed by atoms with Crippen LogP contribution in [0.2, 0.25) is 0 Å². The fourth-order valence-electron chi connectivity index (χ4n) is 2.49. The molecule has 2 atom stereocenters. The van der Waals surface area contributed by atoms with Crippen LogP contribution >= 0.6 is 0 Å². The topological polar surface area (TPSA) is 43.4 Å². The maximum absolute atomic E-state index is 12.2. The molecule has 0 saturated carbocycles. The maximum Gasteiger partial charge on any atom is 0.296 e. The molecule has 0 fully saturated rings. The van der Waals surface area contributed by atoms with Gasteiger partial charge in [0.15, 0.2) is 0 Å². The monoisotopic (exact) mass is 312 g/mol. The highest BCUT2D eigenvalue weighted by Crippen LogP contribution is 2.22. The average molecular weight is 312 g/mol. The maximum atomic E-state index is 12.2. The molecule has 0 bridgehead atoms. The molecule has 0 spiro atoms. The smallest absolute Gasteiger partial charge is 0.266 e. The SMILES string of the molecule is CCC[C@H](C)C[C@@H](CC)COS(=O)(=O)c1ccc(C)cc1. The molecule has 21 heavy (non-hydrogen) atoms. The van der Waals surface area contributed by atoms with E-state index in [1.807, 2.05) is 6.92 Å². The molecule has 120 valence electrons. The van der Waals surface area contributed by atoms with Crippen molar-refractivity contribution in [3.63, 3.8) is 0 Å². The quantitative estimate of drug-likeness (QED) is 0.628. The lowest BCUT2D eigenvalue weighted by Crippen LogP contribution is -2.16. The summed E-state index contributed by atoms with van der Waals surface area (Å²) >= 11 is 0. The van der Waals surface area contributed by atoms with Crippen molar-refractivity contribution in [2.24, 2.45) is 11.8 Å². The first-order valence-electron chi connectivity index (χ1n) is 7.85. The summed E-state index contributed by atoms with van der Waals surface area (Å²) in [4.78, 5) is 0.240. The van der Waals surface area contributed by atoms with Gasteiger partial charge in [0.25, 0.3) is 10.1 Å². The van der Waals surface area contributed by atoms with Crippen molar-refractivity contribution in [1.29, 1.82) is 0 Å². The summed E-state index contributed by atoms with van der Waals surface area (Å²) in [5.41, 5.74) is 1.04. The molecular weight excluding hydrogens is 284 g/mol. The van der Waals surface area contributed by atoms with Gasteiger partial charge in [-0.15, -0.1) is 0 Å². The molecule has 0 radical (unpaired) electrons. The lowest BCUT2D eigenvalue weighted by atomic mass is 9.91. The minimum Gasteiger partial charge on any atom is -0.266 e. The van der Waals surface area contributed by atoms with Crippen LogP contribution in [0.15, 0.2) is 29.2 Å². The van der Waals surface area contributed by atoms with E-state index in [4.69, 9.17) is 4.18 Å². The molecule has 0 aromatic heterocycles. The van der Waals surface area contributed by atoms with Gasteiger partial charge in [-0.1, -0.05) is 57.7 Å². The second kappa shape index (κ2) is 8.54. The molecule has 0 unspecified atom stereocenters. The number of rotatable bonds is 9. The third-order valence-corrected chi connectivity index (χ3v) is 5.16. The van der Waals surface area contributed by atoms with E-state index in [1.54, 1.807) is 24.3 Å². The first-order valence-corrected chi connectivity index (χ1v) is 9.26. The zero-order valence-electron chi connectivity index (χ0n) is 13.6. The molecular formula is C17H28O3S. The minimum absolute atomic E-state index is 0.240. The Morgan fingerprint density at radius 1 is 1.14 bits per heavy atom. The van der Waals surface area contributed by atoms with Crippen LogP contribution in [0, 0.1) is 18.8 Å². The summed E-state index contributed by atoms with van der Waals surface area (Å²) in [5, 5.41) is 0. The van der Waals surface area contributed by atoms with Gasteiger partial charge >= 0.3 is 0 Å². The number of aryl methyl sites for hydroxylation is 1. The summed E-state index contributed by atoms with van der Waals surface area (Å²) in [6.07, 6.45) is 4.31. The fraction of sp³-hybridized carbons (Fsp3) is 0.647. The van der Waals surface area contributed by atoms with Gasteiger partial charge in [-0.05, 0) is 37.3 Å². The summed E-state index contributed by atoms with van der Waals surface area (Å²) in [5.74, 6) is 0.914. The Balaban J connectivity index is 2.60. The van der Waals surface area contributed by atoms with Crippen LogP contribution in [0.4, 0.5) is 0 Å². The Kier molecular flexibility index (Phi) is 7.40. The normalized spacial score (nSPS) is 14.9. The molecule has 0 saturated heterocycles. The first kappa shape index (κ1) is 18.2. The number of hydrogen-bond acceptors (Lipinski definition) is 3. The highest BCUT2D eigenvalue weighted by atomic mass is 32.2. The molecule has 4 heteroatoms. The third kappa shape index (κ3) is 6.18. The molecule has 1 rings (SSSR count). The van der Waals surface area contributed by atoms with Gasteiger partial charge in [0.2, 0.25) is 0 Å². The van der Waals surface area contributed by atoms with Crippen LogP contribution in [0.25, 0.3) is 0 Å². The van der Waals surface area contributed by atoms with Gasteiger partial charge in [-0.25, -0.2) is 0 Å². The van der Waals surface area contributed by atoms with Crippen LogP contribution in [0.1, 0.15) is 52.0 Å². The first-order chi connectivity index (χ1) is 9.89. The molecule has 0 aliphatic rings. The van der Waals surface area contributed by atoms with E-state index in [2.05, 4.69) is 20.8 Å². The van der Waals surface area contributed by atoms with Crippen LogP contribution < -0.4 is 0 Å². The van der Waals surface area contributed by atoms with E-state index in [0.717, 1.165) is 18.4 Å². The lowest BCUT2D eigenvalue weighted by molar-refractivity contribution is 0.220. The Hall–Kier alpha value is -0.870. The van der Waals surface area contributed by atoms with Crippen molar-refractivity contribution in [3.05, 3.63) is 29.8 Å². The molecule has 0 aliphatic heterocycles. The fourth-order valence-corrected chi connectivity index (χ4v) is 3.47. The minimum atomic E-state index is -3.63. The summed E-state index contributed by atoms with van der Waals surface area (Å²) < 4.78 is 29.6. The van der Waals surface area contributed by atoms with Crippen molar-refractivity contribution >= 4 is 10.1 Å². The van der Waals surface area contributed by atoms with E-state index in [1.165, 1.54) is 12.8 Å². The molecule has 0 heterocycles. The largest absolute Gasteiger partial charge is 0.296 e. The molecule has 0 amide bonds. The molecule has 1 aromatic carbocycles. The predicted octanol–water partition coefficient (Wildman–Crippen LogP) is 4.55. The van der Waals surface area contributed by atoms with Crippen molar-refractivity contribution < 1.29 is 12.6 Å². The second-order valence-corrected chi connectivity index (χ2v) is 7.57. The van der Waals surface area contributed by atoms with Gasteiger partial charge < -0.3 is 0 Å². The van der Waals surface area contributed by atoms with Gasteiger partial charge in [-0.2, -0.15) is 8.42 Å². The standard InChI is InChI=1S/C17H28O3S/c1-5-7-15(4)12-16(6-2)13-20-21(18,19)17-10-8-14(3)9-11-17/h8-11,15-16H,5-7,12-13H2,1-4H3/t15-,16+/m0/s1. The molecule has 0 aliphatic carbocycles. The summed E-state index contributed by atoms with van der Waals surface area (Å²) in [7, 11) is -3.63. The van der Waals surface area contributed by atoms with E-state index in [0.29, 0.717) is 11.8 Å². The van der Waals surface area contributed by atoms with Crippen molar-refractivity contribution in [3.8, 4) is 0 Å². The van der Waals surface area contributed by atoms with Gasteiger partial charge in [0.05, 0.1) is 11.5 Å². The van der Waals surface area contributed by atoms with Crippen LogP contribution in [0.5, 0.6) is 0 Å². The van der Waals surface area contributed by atoms with Crippen molar-refractivity contribution in [1.82, 2.24) is 0 Å². The Bertz CT molecular complexity index is 505. The molecule has 1 aromatic rings. The van der Waals surface area contributed by atoms with Crippen molar-refractivity contribution in [2.75, 3.05) is 6.61 Å². The van der Waals surface area contributed by atoms with E-state index < -0.39 is 10.1 Å². The Labute approximate surface area is 129 Å². The number of benzene rings is 1. The lowest BCUT2D eigenvalue weighted by Gasteiger charge is -2.19. The highest BCUT2D eigenvalue weighted by Gasteiger charge is 2.19. The zero-order chi connectivity index (χ0) is 15.9. The van der Waals surface area contributed by atoms with E-state index in [9.17, 15) is 8.42 Å². The summed E-state index contributed by atoms with van der Waals surface area (Å²) in [6, 6.07) is 6.78. The van der Waals surface area contributed by atoms with Crippen molar-refractivity contribution in [2.45, 2.75) is 58.3 Å².